The molecule has 0 aromatic heterocycles. The summed E-state index contributed by atoms with van der Waals surface area (Å²) in [4.78, 5) is 10.2. The lowest BCUT2D eigenvalue weighted by atomic mass is 10.2. The average Bonchev–Trinajstić information content (AvgIpc) is 3.38. The van der Waals surface area contributed by atoms with Crippen molar-refractivity contribution in [1.82, 2.24) is 20.0 Å². The lowest BCUT2D eigenvalue weighted by Crippen LogP contribution is -2.57. The molecule has 24 heavy (non-hydrogen) atoms. The van der Waals surface area contributed by atoms with Crippen LogP contribution in [0.1, 0.15) is 26.7 Å². The van der Waals surface area contributed by atoms with Crippen molar-refractivity contribution in [1.29, 1.82) is 0 Å². The van der Waals surface area contributed by atoms with Gasteiger partial charge in [0, 0.05) is 51.9 Å². The smallest absolute Gasteiger partial charge is 0.355 e. The van der Waals surface area contributed by atoms with Crippen LogP contribution < -0.4 is 5.32 Å². The molecule has 2 fully saturated rings. The van der Waals surface area contributed by atoms with Crippen molar-refractivity contribution in [3.63, 3.8) is 0 Å². The van der Waals surface area contributed by atoms with Gasteiger partial charge in [-0.15, -0.1) is 0 Å². The van der Waals surface area contributed by atoms with E-state index < -0.39 is 12.2 Å². The molecule has 2 rings (SSSR count). The van der Waals surface area contributed by atoms with Gasteiger partial charge < -0.3 is 10.2 Å². The van der Waals surface area contributed by atoms with Crippen LogP contribution in [0.5, 0.6) is 0 Å². The van der Waals surface area contributed by atoms with Gasteiger partial charge in [0.25, 0.3) is 0 Å². The van der Waals surface area contributed by atoms with E-state index in [4.69, 9.17) is 0 Å². The van der Waals surface area contributed by atoms with E-state index in [2.05, 4.69) is 29.2 Å². The van der Waals surface area contributed by atoms with E-state index in [0.29, 0.717) is 38.3 Å². The molecule has 8 heteroatoms. The first kappa shape index (κ1) is 19.3. The third kappa shape index (κ3) is 4.99. The Morgan fingerprint density at radius 1 is 1.21 bits per heavy atom. The number of aliphatic imine (C=N–C) groups is 1. The number of hydrogen-bond donors (Lipinski definition) is 1. The maximum atomic E-state index is 12.8. The molecule has 1 saturated heterocycles. The molecule has 0 amide bonds. The summed E-state index contributed by atoms with van der Waals surface area (Å²) in [5.74, 6) is 0.783. The maximum Gasteiger partial charge on any atom is 0.403 e. The van der Waals surface area contributed by atoms with Gasteiger partial charge in [-0.1, -0.05) is 0 Å². The van der Waals surface area contributed by atoms with Crippen molar-refractivity contribution < 1.29 is 13.2 Å². The van der Waals surface area contributed by atoms with Crippen LogP contribution in [0.4, 0.5) is 13.2 Å². The van der Waals surface area contributed by atoms with E-state index in [1.807, 2.05) is 4.90 Å². The van der Waals surface area contributed by atoms with Crippen LogP contribution in [0.2, 0.25) is 0 Å². The van der Waals surface area contributed by atoms with Crippen molar-refractivity contribution >= 4 is 5.96 Å². The molecule has 0 bridgehead atoms. The van der Waals surface area contributed by atoms with Gasteiger partial charge in [-0.2, -0.15) is 13.2 Å². The van der Waals surface area contributed by atoms with Gasteiger partial charge in [-0.25, -0.2) is 0 Å². The molecule has 0 aromatic rings. The molecule has 0 aromatic carbocycles. The van der Waals surface area contributed by atoms with Gasteiger partial charge in [0.05, 0.1) is 0 Å². The van der Waals surface area contributed by atoms with Crippen LogP contribution in [-0.2, 0) is 0 Å². The van der Waals surface area contributed by atoms with Crippen molar-refractivity contribution in [3.8, 4) is 0 Å². The van der Waals surface area contributed by atoms with Crippen LogP contribution in [0.15, 0.2) is 4.99 Å². The Labute approximate surface area is 142 Å². The molecule has 1 saturated carbocycles. The predicted octanol–water partition coefficient (Wildman–Crippen LogP) is 1.61. The molecule has 140 valence electrons. The number of hydrogen-bond acceptors (Lipinski definition) is 3. The first-order valence-corrected chi connectivity index (χ1v) is 8.72. The van der Waals surface area contributed by atoms with Crippen molar-refractivity contribution in [2.24, 2.45) is 4.99 Å². The lowest BCUT2D eigenvalue weighted by molar-refractivity contribution is -0.181. The van der Waals surface area contributed by atoms with Gasteiger partial charge in [0.15, 0.2) is 5.96 Å². The number of nitrogens with one attached hydrogen (secondary N) is 1. The van der Waals surface area contributed by atoms with Gasteiger partial charge in [0.1, 0.15) is 6.04 Å². The molecular formula is C16H30F3N5. The van der Waals surface area contributed by atoms with E-state index in [0.717, 1.165) is 12.5 Å². The quantitative estimate of drug-likeness (QED) is 0.604. The fraction of sp³-hybridized carbons (Fsp3) is 0.938. The summed E-state index contributed by atoms with van der Waals surface area (Å²) < 4.78 is 38.4. The van der Waals surface area contributed by atoms with Gasteiger partial charge in [-0.05, 0) is 33.7 Å². The second-order valence-electron chi connectivity index (χ2n) is 6.91. The van der Waals surface area contributed by atoms with Crippen LogP contribution in [0.25, 0.3) is 0 Å². The summed E-state index contributed by atoms with van der Waals surface area (Å²) in [6.45, 7) is 6.14. The number of rotatable bonds is 5. The highest BCUT2D eigenvalue weighted by molar-refractivity contribution is 5.80. The Kier molecular flexibility index (Phi) is 6.36. The molecule has 1 aliphatic heterocycles. The molecule has 1 aliphatic carbocycles. The second kappa shape index (κ2) is 7.91. The monoisotopic (exact) mass is 349 g/mol. The molecule has 1 heterocycles. The van der Waals surface area contributed by atoms with Crippen LogP contribution in [-0.4, -0.2) is 91.8 Å². The minimum absolute atomic E-state index is 0.402. The first-order valence-electron chi connectivity index (χ1n) is 8.72. The SMILES string of the molecule is CN=C(NCC(C)N(C)C1CC1)N1CCN(C(C)C(F)(F)F)CC1. The minimum Gasteiger partial charge on any atom is -0.355 e. The maximum absolute atomic E-state index is 12.8. The van der Waals surface area contributed by atoms with Crippen LogP contribution >= 0.6 is 0 Å². The van der Waals surface area contributed by atoms with E-state index in [9.17, 15) is 13.2 Å². The zero-order valence-corrected chi connectivity index (χ0v) is 15.1. The summed E-state index contributed by atoms with van der Waals surface area (Å²) in [6.07, 6.45) is -1.62. The number of likely N-dealkylation sites (N-methyl/N-ethyl adjacent to an activating group) is 1. The minimum atomic E-state index is -4.16. The number of guanidine groups is 1. The van der Waals surface area contributed by atoms with Gasteiger partial charge >= 0.3 is 6.18 Å². The molecule has 5 nitrogen and oxygen atoms in total. The highest BCUT2D eigenvalue weighted by atomic mass is 19.4. The number of nitrogens with zero attached hydrogens (tertiary/aromatic N) is 4. The van der Waals surface area contributed by atoms with E-state index in [1.54, 1.807) is 7.05 Å². The zero-order valence-electron chi connectivity index (χ0n) is 15.1. The van der Waals surface area contributed by atoms with Crippen LogP contribution in [0.3, 0.4) is 0 Å². The standard InChI is InChI=1S/C16H30F3N5/c1-12(22(4)14-5-6-14)11-21-15(20-3)24-9-7-23(8-10-24)13(2)16(17,18)19/h12-14H,5-11H2,1-4H3,(H,20,21). The number of halogens is 3. The summed E-state index contributed by atoms with van der Waals surface area (Å²) in [5, 5.41) is 3.37. The van der Waals surface area contributed by atoms with Crippen molar-refractivity contribution in [2.45, 2.75) is 51.0 Å². The molecule has 1 N–H and O–H groups in total. The highest BCUT2D eigenvalue weighted by Gasteiger charge is 2.41. The molecule has 2 atom stereocenters. The summed E-state index contributed by atoms with van der Waals surface area (Å²) in [7, 11) is 3.87. The van der Waals surface area contributed by atoms with E-state index in [1.165, 1.54) is 24.7 Å². The third-order valence-electron chi connectivity index (χ3n) is 5.22. The van der Waals surface area contributed by atoms with Crippen molar-refractivity contribution in [2.75, 3.05) is 46.8 Å². The topological polar surface area (TPSA) is 34.1 Å². The summed E-state index contributed by atoms with van der Waals surface area (Å²) in [5.41, 5.74) is 0. The first-order chi connectivity index (χ1) is 11.2. The predicted molar refractivity (Wildman–Crippen MR) is 90.3 cm³/mol. The van der Waals surface area contributed by atoms with E-state index >= 15 is 0 Å². The lowest BCUT2D eigenvalue weighted by Gasteiger charge is -2.40. The normalized spacial score (nSPS) is 23.5. The Morgan fingerprint density at radius 2 is 1.79 bits per heavy atom. The average molecular weight is 349 g/mol. The Hall–Kier alpha value is -1.02. The summed E-state index contributed by atoms with van der Waals surface area (Å²) >= 11 is 0. The fourth-order valence-electron chi connectivity index (χ4n) is 3.09. The fourth-order valence-corrected chi connectivity index (χ4v) is 3.09. The molecule has 2 unspecified atom stereocenters. The number of alkyl halides is 3. The van der Waals surface area contributed by atoms with Gasteiger partial charge in [0.2, 0.25) is 0 Å². The molecule has 2 aliphatic rings. The van der Waals surface area contributed by atoms with Crippen molar-refractivity contribution in [3.05, 3.63) is 0 Å². The zero-order chi connectivity index (χ0) is 17.9. The largest absolute Gasteiger partial charge is 0.403 e. The van der Waals surface area contributed by atoms with E-state index in [-0.39, 0.29) is 0 Å². The summed E-state index contributed by atoms with van der Waals surface area (Å²) in [6, 6.07) is -0.279. The Morgan fingerprint density at radius 3 is 2.25 bits per heavy atom. The van der Waals surface area contributed by atoms with Crippen LogP contribution in [0, 0.1) is 0 Å². The van der Waals surface area contributed by atoms with Gasteiger partial charge in [-0.3, -0.25) is 14.8 Å². The Bertz CT molecular complexity index is 428. The second-order valence-corrected chi connectivity index (χ2v) is 6.91. The number of piperazine rings is 1. The molecular weight excluding hydrogens is 319 g/mol. The third-order valence-corrected chi connectivity index (χ3v) is 5.22. The molecule has 0 spiro atoms. The molecule has 0 radical (unpaired) electrons. The highest BCUT2D eigenvalue weighted by Crippen LogP contribution is 2.27. The Balaban J connectivity index is 1.78.